The Labute approximate surface area is 180 Å². The van der Waals surface area contributed by atoms with E-state index in [4.69, 9.17) is 16.3 Å². The molecule has 3 aromatic rings. The molecule has 1 amide bonds. The van der Waals surface area contributed by atoms with Gasteiger partial charge in [0.15, 0.2) is 5.69 Å². The molecule has 0 N–H and O–H groups in total. The molecule has 0 saturated heterocycles. The van der Waals surface area contributed by atoms with Gasteiger partial charge in [-0.25, -0.2) is 9.48 Å². The molecule has 4 rings (SSSR count). The average molecular weight is 424 g/mol. The topological polar surface area (TPSA) is 64.4 Å². The van der Waals surface area contributed by atoms with Crippen molar-refractivity contribution in [2.45, 2.75) is 26.8 Å². The van der Waals surface area contributed by atoms with Crippen LogP contribution in [-0.4, -0.2) is 39.7 Å². The zero-order valence-electron chi connectivity index (χ0n) is 16.9. The number of nitrogens with zero attached hydrogens (tertiary/aromatic N) is 3. The number of hydrogen-bond donors (Lipinski definition) is 0. The van der Waals surface area contributed by atoms with Gasteiger partial charge in [-0.1, -0.05) is 29.3 Å². The summed E-state index contributed by atoms with van der Waals surface area (Å²) in [6, 6.07) is 14.8. The van der Waals surface area contributed by atoms with E-state index in [2.05, 4.69) is 5.10 Å². The van der Waals surface area contributed by atoms with Crippen LogP contribution in [0.1, 0.15) is 44.6 Å². The monoisotopic (exact) mass is 423 g/mol. The van der Waals surface area contributed by atoms with Crippen molar-refractivity contribution in [1.82, 2.24) is 14.7 Å². The second kappa shape index (κ2) is 8.32. The molecule has 0 bridgehead atoms. The number of amides is 1. The SMILES string of the molecule is CCOC(=O)c1nn(-c2ccc(C)cc2)c2c1CN(C(=O)c1ccc(Cl)cc1)CC2. The first-order valence-electron chi connectivity index (χ1n) is 9.87. The van der Waals surface area contributed by atoms with Crippen LogP contribution in [0.4, 0.5) is 0 Å². The van der Waals surface area contributed by atoms with Crippen LogP contribution < -0.4 is 0 Å². The smallest absolute Gasteiger partial charge is 0.359 e. The van der Waals surface area contributed by atoms with Crippen molar-refractivity contribution in [1.29, 1.82) is 0 Å². The van der Waals surface area contributed by atoms with Gasteiger partial charge in [-0.15, -0.1) is 0 Å². The fourth-order valence-corrected chi connectivity index (χ4v) is 3.76. The molecule has 7 heteroatoms. The van der Waals surface area contributed by atoms with E-state index in [1.807, 2.05) is 31.2 Å². The van der Waals surface area contributed by atoms with Crippen LogP contribution in [0.15, 0.2) is 48.5 Å². The maximum Gasteiger partial charge on any atom is 0.359 e. The van der Waals surface area contributed by atoms with E-state index in [0.29, 0.717) is 30.1 Å². The van der Waals surface area contributed by atoms with Gasteiger partial charge in [0.1, 0.15) is 0 Å². The Balaban J connectivity index is 1.71. The number of aryl methyl sites for hydroxylation is 1. The number of ether oxygens (including phenoxy) is 1. The first kappa shape index (κ1) is 20.2. The third-order valence-electron chi connectivity index (χ3n) is 5.18. The van der Waals surface area contributed by atoms with Crippen molar-refractivity contribution in [2.75, 3.05) is 13.2 Å². The highest BCUT2D eigenvalue weighted by Gasteiger charge is 2.31. The summed E-state index contributed by atoms with van der Waals surface area (Å²) in [6.07, 6.45) is 0.592. The Morgan fingerprint density at radius 2 is 1.80 bits per heavy atom. The fourth-order valence-electron chi connectivity index (χ4n) is 3.63. The Morgan fingerprint density at radius 1 is 1.10 bits per heavy atom. The van der Waals surface area contributed by atoms with Crippen LogP contribution in [0.2, 0.25) is 5.02 Å². The van der Waals surface area contributed by atoms with Crippen LogP contribution >= 0.6 is 11.6 Å². The predicted octanol–water partition coefficient (Wildman–Crippen LogP) is 4.21. The Kier molecular flexibility index (Phi) is 5.59. The van der Waals surface area contributed by atoms with Crippen molar-refractivity contribution >= 4 is 23.5 Å². The summed E-state index contributed by atoms with van der Waals surface area (Å²) in [6.45, 7) is 4.88. The van der Waals surface area contributed by atoms with Crippen LogP contribution in [0.25, 0.3) is 5.69 Å². The van der Waals surface area contributed by atoms with Crippen LogP contribution in [0.3, 0.4) is 0 Å². The second-order valence-electron chi connectivity index (χ2n) is 7.23. The van der Waals surface area contributed by atoms with Gasteiger partial charge in [-0.3, -0.25) is 4.79 Å². The molecule has 2 aromatic carbocycles. The van der Waals surface area contributed by atoms with Crippen molar-refractivity contribution < 1.29 is 14.3 Å². The fraction of sp³-hybridized carbons (Fsp3) is 0.261. The zero-order valence-corrected chi connectivity index (χ0v) is 17.6. The minimum absolute atomic E-state index is 0.102. The molecule has 6 nitrogen and oxygen atoms in total. The molecule has 0 unspecified atom stereocenters. The maximum atomic E-state index is 13.0. The third kappa shape index (κ3) is 3.83. The lowest BCUT2D eigenvalue weighted by atomic mass is 10.0. The Morgan fingerprint density at radius 3 is 2.47 bits per heavy atom. The predicted molar refractivity (Wildman–Crippen MR) is 114 cm³/mol. The number of esters is 1. The summed E-state index contributed by atoms with van der Waals surface area (Å²) in [5, 5.41) is 5.16. The summed E-state index contributed by atoms with van der Waals surface area (Å²) in [5.74, 6) is -0.574. The normalized spacial score (nSPS) is 13.1. The molecule has 1 aliphatic heterocycles. The number of carbonyl (C=O) groups is 2. The number of aromatic nitrogens is 2. The number of carbonyl (C=O) groups excluding carboxylic acids is 2. The molecule has 0 aliphatic carbocycles. The number of fused-ring (bicyclic) bond motifs is 1. The third-order valence-corrected chi connectivity index (χ3v) is 5.44. The Bertz CT molecular complexity index is 1090. The maximum absolute atomic E-state index is 13.0. The van der Waals surface area contributed by atoms with Crippen molar-refractivity contribution in [3.05, 3.63) is 81.6 Å². The molecule has 154 valence electrons. The molecular formula is C23H22ClN3O3. The lowest BCUT2D eigenvalue weighted by Crippen LogP contribution is -2.36. The minimum Gasteiger partial charge on any atom is -0.461 e. The van der Waals surface area contributed by atoms with Crippen molar-refractivity contribution in [3.63, 3.8) is 0 Å². The van der Waals surface area contributed by atoms with E-state index in [9.17, 15) is 9.59 Å². The van der Waals surface area contributed by atoms with E-state index >= 15 is 0 Å². The highest BCUT2D eigenvalue weighted by atomic mass is 35.5. The quantitative estimate of drug-likeness (QED) is 0.589. The van der Waals surface area contributed by atoms with E-state index in [1.54, 1.807) is 40.8 Å². The molecule has 0 atom stereocenters. The van der Waals surface area contributed by atoms with Gasteiger partial charge in [0, 0.05) is 29.1 Å². The molecule has 1 aliphatic rings. The van der Waals surface area contributed by atoms with Gasteiger partial charge in [-0.05, 0) is 50.2 Å². The molecule has 0 fully saturated rings. The van der Waals surface area contributed by atoms with Crippen LogP contribution in [0.5, 0.6) is 0 Å². The highest BCUT2D eigenvalue weighted by molar-refractivity contribution is 6.30. The minimum atomic E-state index is -0.472. The van der Waals surface area contributed by atoms with Gasteiger partial charge >= 0.3 is 5.97 Å². The lowest BCUT2D eigenvalue weighted by molar-refractivity contribution is 0.0513. The number of halogens is 1. The molecule has 2 heterocycles. The largest absolute Gasteiger partial charge is 0.461 e. The first-order valence-corrected chi connectivity index (χ1v) is 10.3. The zero-order chi connectivity index (χ0) is 21.3. The van der Waals surface area contributed by atoms with Crippen LogP contribution in [0, 0.1) is 6.92 Å². The van der Waals surface area contributed by atoms with Gasteiger partial charge in [0.25, 0.3) is 5.91 Å². The molecule has 30 heavy (non-hydrogen) atoms. The average Bonchev–Trinajstić information content (AvgIpc) is 3.13. The summed E-state index contributed by atoms with van der Waals surface area (Å²) < 4.78 is 7.02. The van der Waals surface area contributed by atoms with Gasteiger partial charge in [-0.2, -0.15) is 5.10 Å². The molecule has 0 saturated carbocycles. The summed E-state index contributed by atoms with van der Waals surface area (Å²) in [7, 11) is 0. The van der Waals surface area contributed by atoms with Crippen LogP contribution in [-0.2, 0) is 17.7 Å². The number of hydrogen-bond acceptors (Lipinski definition) is 4. The molecule has 0 spiro atoms. The Hall–Kier alpha value is -3.12. The molecular weight excluding hydrogens is 402 g/mol. The van der Waals surface area contributed by atoms with E-state index < -0.39 is 5.97 Å². The van der Waals surface area contributed by atoms with E-state index in [-0.39, 0.29) is 18.2 Å². The molecule has 1 aromatic heterocycles. The van der Waals surface area contributed by atoms with E-state index in [1.165, 1.54) is 0 Å². The number of benzene rings is 2. The summed E-state index contributed by atoms with van der Waals surface area (Å²) in [5.41, 5.74) is 4.52. The van der Waals surface area contributed by atoms with Crippen molar-refractivity contribution in [3.8, 4) is 5.69 Å². The first-order chi connectivity index (χ1) is 14.5. The van der Waals surface area contributed by atoms with E-state index in [0.717, 1.165) is 22.5 Å². The highest BCUT2D eigenvalue weighted by Crippen LogP contribution is 2.27. The summed E-state index contributed by atoms with van der Waals surface area (Å²) >= 11 is 5.94. The van der Waals surface area contributed by atoms with Gasteiger partial charge < -0.3 is 9.64 Å². The summed E-state index contributed by atoms with van der Waals surface area (Å²) in [4.78, 5) is 27.3. The van der Waals surface area contributed by atoms with Crippen molar-refractivity contribution in [2.24, 2.45) is 0 Å². The molecule has 0 radical (unpaired) electrons. The lowest BCUT2D eigenvalue weighted by Gasteiger charge is -2.28. The standard InChI is InChI=1S/C23H22ClN3O3/c1-3-30-23(29)21-19-14-26(22(28)16-6-8-17(24)9-7-16)13-12-20(19)27(25-21)18-10-4-15(2)5-11-18/h4-11H,3,12-14H2,1-2H3. The second-order valence-corrected chi connectivity index (χ2v) is 7.66. The number of rotatable bonds is 4. The van der Waals surface area contributed by atoms with Gasteiger partial charge in [0.2, 0.25) is 0 Å². The van der Waals surface area contributed by atoms with Gasteiger partial charge in [0.05, 0.1) is 24.5 Å².